The van der Waals surface area contributed by atoms with E-state index in [9.17, 15) is 19.8 Å². The van der Waals surface area contributed by atoms with Gasteiger partial charge in [-0.2, -0.15) is 0 Å². The molecule has 0 radical (unpaired) electrons. The summed E-state index contributed by atoms with van der Waals surface area (Å²) in [5.41, 5.74) is 1.74. The molecule has 6 nitrogen and oxygen atoms in total. The minimum atomic E-state index is -0.798. The summed E-state index contributed by atoms with van der Waals surface area (Å²) < 4.78 is 6.49. The molecule has 0 aliphatic carbocycles. The van der Waals surface area contributed by atoms with E-state index in [0.717, 1.165) is 14.7 Å². The van der Waals surface area contributed by atoms with Crippen LogP contribution in [-0.4, -0.2) is 34.7 Å². The summed E-state index contributed by atoms with van der Waals surface area (Å²) in [4.78, 5) is 24.7. The summed E-state index contributed by atoms with van der Waals surface area (Å²) in [6, 6.07) is 9.45. The van der Waals surface area contributed by atoms with Gasteiger partial charge in [-0.3, -0.25) is 4.79 Å². The number of carbonyl (C=O) groups is 2. The fourth-order valence-corrected chi connectivity index (χ4v) is 3.74. The Labute approximate surface area is 191 Å². The third-order valence-electron chi connectivity index (χ3n) is 4.01. The molecule has 1 unspecified atom stereocenters. The van der Waals surface area contributed by atoms with E-state index in [4.69, 9.17) is 4.74 Å². The number of hydrogen-bond donors (Lipinski definition) is 3. The number of amides is 1. The Morgan fingerprint density at radius 1 is 1.04 bits per heavy atom. The van der Waals surface area contributed by atoms with E-state index < -0.39 is 12.0 Å². The summed E-state index contributed by atoms with van der Waals surface area (Å²) in [6.07, 6.45) is 0.983. The highest BCUT2D eigenvalue weighted by Gasteiger charge is 2.22. The van der Waals surface area contributed by atoms with E-state index in [1.165, 1.54) is 0 Å². The number of hydrogen-bond acceptors (Lipinski definition) is 5. The van der Waals surface area contributed by atoms with Crippen LogP contribution in [-0.2, 0) is 27.2 Å². The van der Waals surface area contributed by atoms with E-state index in [2.05, 4.69) is 5.32 Å². The molecule has 0 aromatic heterocycles. The number of halogens is 2. The van der Waals surface area contributed by atoms with Crippen molar-refractivity contribution in [2.45, 2.75) is 32.2 Å². The van der Waals surface area contributed by atoms with Crippen molar-refractivity contribution >= 4 is 57.1 Å². The molecular weight excluding hydrogens is 588 g/mol. The number of benzene rings is 2. The standard InChI is InChI=1S/C20H21I2NO5/c1-2-28-20(27)16(11-13-4-7-18(25)15(22)10-13)23-19(26)8-5-12-3-6-17(24)14(21)9-12/h3-4,6-7,9-10,16,24-25H,2,5,8,11H2,1H3,(H,23,26). The van der Waals surface area contributed by atoms with Gasteiger partial charge in [0.25, 0.3) is 0 Å². The lowest BCUT2D eigenvalue weighted by Crippen LogP contribution is -2.43. The van der Waals surface area contributed by atoms with Crippen molar-refractivity contribution in [3.05, 3.63) is 54.7 Å². The van der Waals surface area contributed by atoms with Gasteiger partial charge in [0.05, 0.1) is 13.7 Å². The summed E-state index contributed by atoms with van der Waals surface area (Å²) >= 11 is 4.04. The third kappa shape index (κ3) is 6.80. The summed E-state index contributed by atoms with van der Waals surface area (Å²) in [7, 11) is 0. The highest BCUT2D eigenvalue weighted by Crippen LogP contribution is 2.22. The smallest absolute Gasteiger partial charge is 0.328 e. The average Bonchev–Trinajstić information content (AvgIpc) is 2.65. The molecule has 0 fully saturated rings. The van der Waals surface area contributed by atoms with Crippen molar-refractivity contribution in [3.63, 3.8) is 0 Å². The lowest BCUT2D eigenvalue weighted by Gasteiger charge is -2.18. The van der Waals surface area contributed by atoms with Crippen molar-refractivity contribution in [1.82, 2.24) is 5.32 Å². The zero-order chi connectivity index (χ0) is 20.7. The van der Waals surface area contributed by atoms with Gasteiger partial charge in [-0.05, 0) is 93.9 Å². The first-order valence-corrected chi connectivity index (χ1v) is 10.9. The van der Waals surface area contributed by atoms with Crippen LogP contribution in [0.3, 0.4) is 0 Å². The zero-order valence-corrected chi connectivity index (χ0v) is 19.6. The van der Waals surface area contributed by atoms with Crippen LogP contribution < -0.4 is 5.32 Å². The van der Waals surface area contributed by atoms with E-state index in [1.54, 1.807) is 37.3 Å². The lowest BCUT2D eigenvalue weighted by molar-refractivity contribution is -0.147. The number of carbonyl (C=O) groups excluding carboxylic acids is 2. The van der Waals surface area contributed by atoms with Gasteiger partial charge < -0.3 is 20.3 Å². The summed E-state index contributed by atoms with van der Waals surface area (Å²) in [6.45, 7) is 1.94. The SMILES string of the molecule is CCOC(=O)C(Cc1ccc(O)c(I)c1)NC(=O)CCc1ccc(O)c(I)c1. The monoisotopic (exact) mass is 609 g/mol. The highest BCUT2D eigenvalue weighted by atomic mass is 127. The molecule has 1 amide bonds. The number of aryl methyl sites for hydroxylation is 1. The number of esters is 1. The van der Waals surface area contributed by atoms with Crippen LogP contribution >= 0.6 is 45.2 Å². The number of ether oxygens (including phenoxy) is 1. The zero-order valence-electron chi connectivity index (χ0n) is 15.2. The van der Waals surface area contributed by atoms with Crippen LogP contribution in [0.2, 0.25) is 0 Å². The lowest BCUT2D eigenvalue weighted by atomic mass is 10.0. The molecule has 28 heavy (non-hydrogen) atoms. The van der Waals surface area contributed by atoms with Crippen molar-refractivity contribution in [2.24, 2.45) is 0 Å². The van der Waals surface area contributed by atoms with Crippen LogP contribution in [0.15, 0.2) is 36.4 Å². The Hall–Kier alpha value is -1.56. The maximum absolute atomic E-state index is 12.4. The topological polar surface area (TPSA) is 95.9 Å². The molecular formula is C20H21I2NO5. The molecule has 0 saturated carbocycles. The molecule has 2 aromatic rings. The quantitative estimate of drug-likeness (QED) is 0.315. The number of phenols is 2. The van der Waals surface area contributed by atoms with Crippen molar-refractivity contribution in [3.8, 4) is 11.5 Å². The maximum Gasteiger partial charge on any atom is 0.328 e. The Kier molecular flexibility index (Phi) is 8.80. The minimum absolute atomic E-state index is 0.171. The second kappa shape index (κ2) is 10.8. The molecule has 2 rings (SSSR count). The molecule has 2 aromatic carbocycles. The second-order valence-corrected chi connectivity index (χ2v) is 8.47. The van der Waals surface area contributed by atoms with Gasteiger partial charge in [0, 0.05) is 12.8 Å². The summed E-state index contributed by atoms with van der Waals surface area (Å²) in [5, 5.41) is 22.0. The predicted octanol–water partition coefficient (Wildman–Crippen LogP) is 3.53. The van der Waals surface area contributed by atoms with Gasteiger partial charge in [-0.15, -0.1) is 0 Å². The molecule has 8 heteroatoms. The second-order valence-electron chi connectivity index (χ2n) is 6.15. The predicted molar refractivity (Wildman–Crippen MR) is 122 cm³/mol. The number of phenolic OH excluding ortho intramolecular Hbond substituents is 2. The van der Waals surface area contributed by atoms with Gasteiger partial charge >= 0.3 is 5.97 Å². The van der Waals surface area contributed by atoms with E-state index in [1.807, 2.05) is 51.2 Å². The van der Waals surface area contributed by atoms with Crippen LogP contribution in [0, 0.1) is 7.14 Å². The molecule has 0 heterocycles. The van der Waals surface area contributed by atoms with Gasteiger partial charge in [0.15, 0.2) is 0 Å². The number of rotatable bonds is 8. The van der Waals surface area contributed by atoms with Crippen molar-refractivity contribution < 1.29 is 24.5 Å². The minimum Gasteiger partial charge on any atom is -0.507 e. The van der Waals surface area contributed by atoms with Crippen molar-refractivity contribution in [1.29, 1.82) is 0 Å². The fraction of sp³-hybridized carbons (Fsp3) is 0.300. The highest BCUT2D eigenvalue weighted by molar-refractivity contribution is 14.1. The van der Waals surface area contributed by atoms with Gasteiger partial charge in [-0.25, -0.2) is 4.79 Å². The third-order valence-corrected chi connectivity index (χ3v) is 5.74. The Balaban J connectivity index is 2.02. The van der Waals surface area contributed by atoms with E-state index in [0.29, 0.717) is 9.99 Å². The van der Waals surface area contributed by atoms with Gasteiger partial charge in [0.2, 0.25) is 5.91 Å². The number of aromatic hydroxyl groups is 2. The first kappa shape index (κ1) is 22.7. The maximum atomic E-state index is 12.4. The molecule has 0 aliphatic heterocycles. The summed E-state index contributed by atoms with van der Waals surface area (Å²) in [5.74, 6) is -0.364. The molecule has 3 N–H and O–H groups in total. The number of nitrogens with one attached hydrogen (secondary N) is 1. The van der Waals surface area contributed by atoms with Gasteiger partial charge in [-0.1, -0.05) is 12.1 Å². The van der Waals surface area contributed by atoms with Crippen LogP contribution in [0.1, 0.15) is 24.5 Å². The first-order chi connectivity index (χ1) is 13.3. The van der Waals surface area contributed by atoms with Crippen molar-refractivity contribution in [2.75, 3.05) is 6.61 Å². The Morgan fingerprint density at radius 3 is 2.18 bits per heavy atom. The molecule has 0 bridgehead atoms. The van der Waals surface area contributed by atoms with E-state index >= 15 is 0 Å². The average molecular weight is 609 g/mol. The largest absolute Gasteiger partial charge is 0.507 e. The Morgan fingerprint density at radius 2 is 1.61 bits per heavy atom. The molecule has 1 atom stereocenters. The molecule has 0 spiro atoms. The van der Waals surface area contributed by atoms with Crippen LogP contribution in [0.25, 0.3) is 0 Å². The molecule has 0 aliphatic rings. The molecule has 150 valence electrons. The first-order valence-electron chi connectivity index (χ1n) is 8.71. The molecule has 0 saturated heterocycles. The Bertz CT molecular complexity index is 856. The van der Waals surface area contributed by atoms with Crippen LogP contribution in [0.4, 0.5) is 0 Å². The van der Waals surface area contributed by atoms with E-state index in [-0.39, 0.29) is 36.9 Å². The van der Waals surface area contributed by atoms with Gasteiger partial charge in [0.1, 0.15) is 17.5 Å². The fourth-order valence-electron chi connectivity index (χ4n) is 2.58. The van der Waals surface area contributed by atoms with Crippen LogP contribution in [0.5, 0.6) is 11.5 Å². The normalized spacial score (nSPS) is 11.7.